The normalized spacial score (nSPS) is 10.4. The molecule has 5 nitrogen and oxygen atoms in total. The number of anilines is 1. The molecule has 0 fully saturated rings. The standard InChI is InChI=1S/C15H18N2O3/c1-12-10-14(20-16-12)11-17(9-5-8-15(18)19)13-6-3-2-4-7-13/h2-4,6-7,10H,5,8-9,11H2,1H3,(H,18,19). The summed E-state index contributed by atoms with van der Waals surface area (Å²) in [7, 11) is 0. The Morgan fingerprint density at radius 1 is 1.35 bits per heavy atom. The molecule has 1 aromatic heterocycles. The molecule has 0 spiro atoms. The van der Waals surface area contributed by atoms with Crippen LogP contribution in [0.5, 0.6) is 0 Å². The minimum atomic E-state index is -0.770. The van der Waals surface area contributed by atoms with Crippen LogP contribution < -0.4 is 4.90 Å². The van der Waals surface area contributed by atoms with Gasteiger partial charge >= 0.3 is 5.97 Å². The Kier molecular flexibility index (Phi) is 4.76. The number of hydrogen-bond donors (Lipinski definition) is 1. The number of aliphatic carboxylic acids is 1. The van der Waals surface area contributed by atoms with Crippen molar-refractivity contribution in [2.75, 3.05) is 11.4 Å². The average Bonchev–Trinajstić information content (AvgIpc) is 2.84. The minimum absolute atomic E-state index is 0.165. The molecule has 0 aliphatic heterocycles. The molecule has 2 rings (SSSR count). The van der Waals surface area contributed by atoms with E-state index in [0.29, 0.717) is 19.5 Å². The average molecular weight is 274 g/mol. The van der Waals surface area contributed by atoms with Crippen molar-refractivity contribution in [3.63, 3.8) is 0 Å². The maximum Gasteiger partial charge on any atom is 0.303 e. The fraction of sp³-hybridized carbons (Fsp3) is 0.333. The fourth-order valence-electron chi connectivity index (χ4n) is 2.04. The van der Waals surface area contributed by atoms with Crippen molar-refractivity contribution in [2.24, 2.45) is 0 Å². The first-order valence-corrected chi connectivity index (χ1v) is 6.59. The molecule has 20 heavy (non-hydrogen) atoms. The number of carboxylic acids is 1. The summed E-state index contributed by atoms with van der Waals surface area (Å²) in [5.41, 5.74) is 1.89. The van der Waals surface area contributed by atoms with Gasteiger partial charge in [0, 0.05) is 24.7 Å². The summed E-state index contributed by atoms with van der Waals surface area (Å²) in [6.45, 7) is 3.13. The molecular weight excluding hydrogens is 256 g/mol. The summed E-state index contributed by atoms with van der Waals surface area (Å²) in [6, 6.07) is 11.8. The number of aromatic nitrogens is 1. The molecule has 0 aliphatic rings. The molecule has 5 heteroatoms. The number of nitrogens with zero attached hydrogens (tertiary/aromatic N) is 2. The van der Waals surface area contributed by atoms with Gasteiger partial charge < -0.3 is 14.5 Å². The van der Waals surface area contributed by atoms with Gasteiger partial charge in [-0.25, -0.2) is 0 Å². The zero-order valence-corrected chi connectivity index (χ0v) is 11.5. The molecule has 0 saturated heterocycles. The van der Waals surface area contributed by atoms with E-state index in [0.717, 1.165) is 17.1 Å². The zero-order valence-electron chi connectivity index (χ0n) is 11.5. The Labute approximate surface area is 117 Å². The molecule has 0 aliphatic carbocycles. The Bertz CT molecular complexity index is 551. The number of aryl methyl sites for hydroxylation is 1. The van der Waals surface area contributed by atoms with Crippen molar-refractivity contribution in [2.45, 2.75) is 26.3 Å². The van der Waals surface area contributed by atoms with Gasteiger partial charge in [-0.2, -0.15) is 0 Å². The SMILES string of the molecule is Cc1cc(CN(CCCC(=O)O)c2ccccc2)on1. The van der Waals surface area contributed by atoms with E-state index in [2.05, 4.69) is 10.1 Å². The summed E-state index contributed by atoms with van der Waals surface area (Å²) in [5, 5.41) is 12.6. The Balaban J connectivity index is 2.05. The first-order valence-electron chi connectivity index (χ1n) is 6.59. The highest BCUT2D eigenvalue weighted by Crippen LogP contribution is 2.18. The molecule has 106 valence electrons. The highest BCUT2D eigenvalue weighted by molar-refractivity contribution is 5.66. The van der Waals surface area contributed by atoms with Crippen LogP contribution in [0, 0.1) is 6.92 Å². The van der Waals surface area contributed by atoms with Gasteiger partial charge in [0.05, 0.1) is 12.2 Å². The third kappa shape index (κ3) is 4.12. The molecule has 2 aromatic rings. The second-order valence-electron chi connectivity index (χ2n) is 4.69. The first-order chi connectivity index (χ1) is 9.65. The third-order valence-corrected chi connectivity index (χ3v) is 2.96. The lowest BCUT2D eigenvalue weighted by atomic mass is 10.2. The van der Waals surface area contributed by atoms with Gasteiger partial charge in [0.1, 0.15) is 0 Å². The van der Waals surface area contributed by atoms with Crippen LogP contribution in [-0.4, -0.2) is 22.8 Å². The van der Waals surface area contributed by atoms with Gasteiger partial charge in [-0.3, -0.25) is 4.79 Å². The lowest BCUT2D eigenvalue weighted by Gasteiger charge is -2.23. The number of carboxylic acid groups (broad SMARTS) is 1. The van der Waals surface area contributed by atoms with E-state index < -0.39 is 5.97 Å². The van der Waals surface area contributed by atoms with Crippen molar-refractivity contribution in [1.82, 2.24) is 5.16 Å². The molecule has 0 radical (unpaired) electrons. The van der Waals surface area contributed by atoms with Gasteiger partial charge in [-0.15, -0.1) is 0 Å². The largest absolute Gasteiger partial charge is 0.481 e. The monoisotopic (exact) mass is 274 g/mol. The van der Waals surface area contributed by atoms with Gasteiger partial charge in [-0.05, 0) is 25.5 Å². The molecular formula is C15H18N2O3. The summed E-state index contributed by atoms with van der Waals surface area (Å²) in [6.07, 6.45) is 0.760. The Hall–Kier alpha value is -2.30. The van der Waals surface area contributed by atoms with E-state index >= 15 is 0 Å². The van der Waals surface area contributed by atoms with E-state index in [4.69, 9.17) is 9.63 Å². The number of para-hydroxylation sites is 1. The summed E-state index contributed by atoms with van der Waals surface area (Å²) in [5.74, 6) is 0.00944. The predicted molar refractivity (Wildman–Crippen MR) is 75.6 cm³/mol. The van der Waals surface area contributed by atoms with E-state index in [1.165, 1.54) is 0 Å². The number of rotatable bonds is 7. The highest BCUT2D eigenvalue weighted by atomic mass is 16.5. The Morgan fingerprint density at radius 2 is 2.10 bits per heavy atom. The lowest BCUT2D eigenvalue weighted by molar-refractivity contribution is -0.137. The maximum atomic E-state index is 10.6. The van der Waals surface area contributed by atoms with Crippen LogP contribution in [0.4, 0.5) is 5.69 Å². The van der Waals surface area contributed by atoms with Crippen LogP contribution >= 0.6 is 0 Å². The third-order valence-electron chi connectivity index (χ3n) is 2.96. The second kappa shape index (κ2) is 6.75. The van der Waals surface area contributed by atoms with E-state index in [-0.39, 0.29) is 6.42 Å². The van der Waals surface area contributed by atoms with E-state index in [1.54, 1.807) is 0 Å². The molecule has 1 heterocycles. The number of hydrogen-bond acceptors (Lipinski definition) is 4. The van der Waals surface area contributed by atoms with E-state index in [9.17, 15) is 4.79 Å². The van der Waals surface area contributed by atoms with Crippen LogP contribution in [0.2, 0.25) is 0 Å². The van der Waals surface area contributed by atoms with Crippen LogP contribution in [0.1, 0.15) is 24.3 Å². The van der Waals surface area contributed by atoms with Crippen molar-refractivity contribution >= 4 is 11.7 Å². The van der Waals surface area contributed by atoms with Crippen LogP contribution in [0.3, 0.4) is 0 Å². The van der Waals surface area contributed by atoms with Gasteiger partial charge in [-0.1, -0.05) is 23.4 Å². The zero-order chi connectivity index (χ0) is 14.4. The minimum Gasteiger partial charge on any atom is -0.481 e. The van der Waals surface area contributed by atoms with Gasteiger partial charge in [0.15, 0.2) is 5.76 Å². The number of carbonyl (C=O) groups is 1. The topological polar surface area (TPSA) is 66.6 Å². The first kappa shape index (κ1) is 14.1. The predicted octanol–water partition coefficient (Wildman–Crippen LogP) is 2.85. The van der Waals surface area contributed by atoms with Gasteiger partial charge in [0.2, 0.25) is 0 Å². The molecule has 0 amide bonds. The molecule has 1 aromatic carbocycles. The molecule has 0 saturated carbocycles. The Morgan fingerprint density at radius 3 is 2.70 bits per heavy atom. The van der Waals surface area contributed by atoms with Crippen molar-refractivity contribution in [3.8, 4) is 0 Å². The fourth-order valence-corrected chi connectivity index (χ4v) is 2.04. The molecule has 0 unspecified atom stereocenters. The summed E-state index contributed by atoms with van der Waals surface area (Å²) in [4.78, 5) is 12.7. The molecule has 0 atom stereocenters. The van der Waals surface area contributed by atoms with Crippen LogP contribution in [-0.2, 0) is 11.3 Å². The van der Waals surface area contributed by atoms with Crippen LogP contribution in [0.25, 0.3) is 0 Å². The van der Waals surface area contributed by atoms with E-state index in [1.807, 2.05) is 43.3 Å². The maximum absolute atomic E-state index is 10.6. The van der Waals surface area contributed by atoms with Gasteiger partial charge in [0.25, 0.3) is 0 Å². The summed E-state index contributed by atoms with van der Waals surface area (Å²) < 4.78 is 5.24. The second-order valence-corrected chi connectivity index (χ2v) is 4.69. The number of benzene rings is 1. The smallest absolute Gasteiger partial charge is 0.303 e. The van der Waals surface area contributed by atoms with Crippen molar-refractivity contribution < 1.29 is 14.4 Å². The van der Waals surface area contributed by atoms with Crippen molar-refractivity contribution in [3.05, 3.63) is 47.9 Å². The molecule has 0 bridgehead atoms. The van der Waals surface area contributed by atoms with Crippen molar-refractivity contribution in [1.29, 1.82) is 0 Å². The lowest BCUT2D eigenvalue weighted by Crippen LogP contribution is -2.24. The summed E-state index contributed by atoms with van der Waals surface area (Å²) >= 11 is 0. The quantitative estimate of drug-likeness (QED) is 0.841. The molecule has 1 N–H and O–H groups in total. The van der Waals surface area contributed by atoms with Crippen LogP contribution in [0.15, 0.2) is 40.9 Å². The highest BCUT2D eigenvalue weighted by Gasteiger charge is 2.11.